The van der Waals surface area contributed by atoms with Crippen molar-refractivity contribution in [2.45, 2.75) is 26.7 Å². The van der Waals surface area contributed by atoms with Crippen LogP contribution in [0.5, 0.6) is 0 Å². The van der Waals surface area contributed by atoms with Gasteiger partial charge in [0.15, 0.2) is 8.07 Å². The summed E-state index contributed by atoms with van der Waals surface area (Å²) in [5.41, 5.74) is 8.91. The van der Waals surface area contributed by atoms with Crippen LogP contribution in [-0.2, 0) is 12.8 Å². The van der Waals surface area contributed by atoms with Gasteiger partial charge in [-0.05, 0) is 69.7 Å². The number of hydrogen-bond acceptors (Lipinski definition) is 0. The van der Waals surface area contributed by atoms with Crippen LogP contribution in [0, 0.1) is 0 Å². The van der Waals surface area contributed by atoms with Gasteiger partial charge in [0.1, 0.15) is 0 Å². The first-order chi connectivity index (χ1) is 16.2. The SMILES string of the molecule is CC1=C([Si](C2=C(C)Cc3ccccc32)(c2ccccc2)c2ccccc2)c2ccccc2C1. The Labute approximate surface area is 198 Å². The summed E-state index contributed by atoms with van der Waals surface area (Å²) in [6, 6.07) is 41.0. The van der Waals surface area contributed by atoms with Crippen LogP contribution in [0.3, 0.4) is 0 Å². The summed E-state index contributed by atoms with van der Waals surface area (Å²) in [6.45, 7) is 4.75. The minimum absolute atomic E-state index is 1.05. The Morgan fingerprint density at radius 3 is 1.24 bits per heavy atom. The minimum Gasteiger partial charge on any atom is -0.0679 e. The largest absolute Gasteiger partial charge is 0.180 e. The molecule has 0 N–H and O–H groups in total. The summed E-state index contributed by atoms with van der Waals surface area (Å²) < 4.78 is 0. The highest BCUT2D eigenvalue weighted by atomic mass is 28.3. The van der Waals surface area contributed by atoms with Gasteiger partial charge in [-0.1, -0.05) is 120 Å². The average Bonchev–Trinajstić information content (AvgIpc) is 3.38. The molecule has 160 valence electrons. The number of benzene rings is 4. The van der Waals surface area contributed by atoms with E-state index in [1.165, 1.54) is 43.8 Å². The molecule has 0 heterocycles. The van der Waals surface area contributed by atoms with Crippen LogP contribution in [0.15, 0.2) is 120 Å². The van der Waals surface area contributed by atoms with E-state index in [1.54, 1.807) is 10.4 Å². The van der Waals surface area contributed by atoms with Crippen molar-refractivity contribution in [1.29, 1.82) is 0 Å². The second-order valence-corrected chi connectivity index (χ2v) is 13.1. The molecule has 2 aliphatic rings. The van der Waals surface area contributed by atoms with Gasteiger partial charge < -0.3 is 0 Å². The molecule has 33 heavy (non-hydrogen) atoms. The maximum absolute atomic E-state index is 2.55. The zero-order valence-corrected chi connectivity index (χ0v) is 20.3. The summed E-state index contributed by atoms with van der Waals surface area (Å²) in [6.07, 6.45) is 2.10. The summed E-state index contributed by atoms with van der Waals surface area (Å²) in [5, 5.41) is 6.16. The van der Waals surface area contributed by atoms with Crippen molar-refractivity contribution in [2.24, 2.45) is 0 Å². The maximum Gasteiger partial charge on any atom is 0.180 e. The quantitative estimate of drug-likeness (QED) is 0.323. The van der Waals surface area contributed by atoms with E-state index in [4.69, 9.17) is 0 Å². The van der Waals surface area contributed by atoms with Crippen molar-refractivity contribution in [3.63, 3.8) is 0 Å². The van der Waals surface area contributed by atoms with E-state index in [2.05, 4.69) is 123 Å². The smallest absolute Gasteiger partial charge is 0.0679 e. The molecule has 2 aliphatic carbocycles. The van der Waals surface area contributed by atoms with Crippen molar-refractivity contribution >= 4 is 28.8 Å². The van der Waals surface area contributed by atoms with Gasteiger partial charge in [-0.25, -0.2) is 0 Å². The molecular formula is C32H28Si. The summed E-state index contributed by atoms with van der Waals surface area (Å²) in [5.74, 6) is 0. The lowest BCUT2D eigenvalue weighted by atomic mass is 10.1. The molecule has 0 aromatic heterocycles. The van der Waals surface area contributed by atoms with E-state index in [0.717, 1.165) is 12.8 Å². The van der Waals surface area contributed by atoms with Crippen LogP contribution in [0.2, 0.25) is 0 Å². The maximum atomic E-state index is 2.39. The van der Waals surface area contributed by atoms with E-state index in [9.17, 15) is 0 Å². The van der Waals surface area contributed by atoms with E-state index in [0.29, 0.717) is 0 Å². The normalized spacial score (nSPS) is 15.1. The first-order valence-electron chi connectivity index (χ1n) is 11.9. The molecule has 0 saturated heterocycles. The van der Waals surface area contributed by atoms with Gasteiger partial charge in [0.05, 0.1) is 0 Å². The fraction of sp³-hybridized carbons (Fsp3) is 0.125. The second kappa shape index (κ2) is 7.86. The van der Waals surface area contributed by atoms with Crippen LogP contribution in [-0.4, -0.2) is 8.07 Å². The van der Waals surface area contributed by atoms with E-state index >= 15 is 0 Å². The zero-order valence-electron chi connectivity index (χ0n) is 19.3. The number of rotatable bonds is 4. The van der Waals surface area contributed by atoms with Gasteiger partial charge in [0.2, 0.25) is 0 Å². The standard InChI is InChI=1S/C32H28Si/c1-23-21-25-13-9-11-19-29(25)31(23)33(27-15-5-3-6-16-27,28-17-7-4-8-18-28)32-24(2)22-26-14-10-12-20-30(26)32/h3-20H,21-22H2,1-2H3. The molecule has 0 saturated carbocycles. The molecule has 0 radical (unpaired) electrons. The summed E-state index contributed by atoms with van der Waals surface area (Å²) in [7, 11) is -2.55. The Bertz CT molecular complexity index is 1300. The Morgan fingerprint density at radius 2 is 0.818 bits per heavy atom. The molecule has 0 bridgehead atoms. The van der Waals surface area contributed by atoms with Crippen LogP contribution in [0.4, 0.5) is 0 Å². The first kappa shape index (κ1) is 20.2. The van der Waals surface area contributed by atoms with Crippen LogP contribution >= 0.6 is 0 Å². The lowest BCUT2D eigenvalue weighted by Crippen LogP contribution is -2.60. The average molecular weight is 441 g/mol. The fourth-order valence-corrected chi connectivity index (χ4v) is 12.2. The minimum atomic E-state index is -2.55. The molecule has 0 fully saturated rings. The van der Waals surface area contributed by atoms with Gasteiger partial charge in [-0.3, -0.25) is 0 Å². The van der Waals surface area contributed by atoms with Gasteiger partial charge in [-0.2, -0.15) is 0 Å². The molecule has 1 heteroatoms. The lowest BCUT2D eigenvalue weighted by molar-refractivity contribution is 1.19. The third-order valence-corrected chi connectivity index (χ3v) is 12.8. The third kappa shape index (κ3) is 2.96. The van der Waals surface area contributed by atoms with Gasteiger partial charge >= 0.3 is 0 Å². The lowest BCUT2D eigenvalue weighted by Gasteiger charge is -2.38. The Kier molecular flexibility index (Phi) is 4.81. The summed E-state index contributed by atoms with van der Waals surface area (Å²) >= 11 is 0. The van der Waals surface area contributed by atoms with E-state index in [1.807, 2.05) is 0 Å². The highest BCUT2D eigenvalue weighted by Gasteiger charge is 2.50. The predicted molar refractivity (Wildman–Crippen MR) is 143 cm³/mol. The molecule has 6 rings (SSSR count). The van der Waals surface area contributed by atoms with Crippen molar-refractivity contribution < 1.29 is 0 Å². The molecular weight excluding hydrogens is 412 g/mol. The molecule has 0 amide bonds. The Morgan fingerprint density at radius 1 is 0.455 bits per heavy atom. The van der Waals surface area contributed by atoms with Crippen molar-refractivity contribution in [2.75, 3.05) is 0 Å². The molecule has 0 nitrogen and oxygen atoms in total. The summed E-state index contributed by atoms with van der Waals surface area (Å²) in [4.78, 5) is 0. The van der Waals surface area contributed by atoms with Crippen LogP contribution in [0.1, 0.15) is 36.1 Å². The number of fused-ring (bicyclic) bond motifs is 2. The van der Waals surface area contributed by atoms with E-state index < -0.39 is 8.07 Å². The molecule has 4 aromatic carbocycles. The molecule has 0 spiro atoms. The monoisotopic (exact) mass is 440 g/mol. The van der Waals surface area contributed by atoms with Crippen LogP contribution < -0.4 is 10.4 Å². The first-order valence-corrected chi connectivity index (χ1v) is 13.9. The van der Waals surface area contributed by atoms with Gasteiger partial charge in [0.25, 0.3) is 0 Å². The highest BCUT2D eigenvalue weighted by molar-refractivity contribution is 7.26. The Hall–Kier alpha value is -3.42. The van der Waals surface area contributed by atoms with Gasteiger partial charge in [-0.15, -0.1) is 0 Å². The predicted octanol–water partition coefficient (Wildman–Crippen LogP) is 6.39. The number of allylic oxidation sites excluding steroid dienone is 2. The highest BCUT2D eigenvalue weighted by Crippen LogP contribution is 2.48. The van der Waals surface area contributed by atoms with Crippen molar-refractivity contribution in [1.82, 2.24) is 0 Å². The molecule has 0 unspecified atom stereocenters. The Balaban J connectivity index is 1.80. The van der Waals surface area contributed by atoms with Crippen molar-refractivity contribution in [3.05, 3.63) is 143 Å². The topological polar surface area (TPSA) is 0 Å². The number of hydrogen-bond donors (Lipinski definition) is 0. The van der Waals surface area contributed by atoms with Gasteiger partial charge in [0, 0.05) is 0 Å². The van der Waals surface area contributed by atoms with E-state index in [-0.39, 0.29) is 0 Å². The third-order valence-electron chi connectivity index (χ3n) is 7.50. The molecule has 0 aliphatic heterocycles. The zero-order chi connectivity index (χ0) is 22.4. The molecule has 4 aromatic rings. The second-order valence-electron chi connectivity index (χ2n) is 9.46. The fourth-order valence-electron chi connectivity index (χ4n) is 6.33. The van der Waals surface area contributed by atoms with Crippen LogP contribution in [0.25, 0.3) is 10.4 Å². The van der Waals surface area contributed by atoms with Crippen molar-refractivity contribution in [3.8, 4) is 0 Å². The molecule has 0 atom stereocenters.